The standard InChI is InChI=1S/C21H18N4O2/c26-20-21(27)25(18-9-5-2-6-10-18)12-11-24(20)15-19-22-13-17(14-23-19)16-7-3-1-4-8-16/h1-10,13-14H,11-12,15H2. The van der Waals surface area contributed by atoms with Gasteiger partial charge in [0, 0.05) is 36.7 Å². The van der Waals surface area contributed by atoms with Gasteiger partial charge in [0.15, 0.2) is 0 Å². The molecule has 0 saturated carbocycles. The Labute approximate surface area is 157 Å². The number of carbonyl (C=O) groups is 2. The van der Waals surface area contributed by atoms with E-state index in [0.717, 1.165) is 16.8 Å². The van der Waals surface area contributed by atoms with E-state index in [1.54, 1.807) is 12.4 Å². The van der Waals surface area contributed by atoms with E-state index in [4.69, 9.17) is 0 Å². The van der Waals surface area contributed by atoms with Crippen LogP contribution in [0.2, 0.25) is 0 Å². The lowest BCUT2D eigenvalue weighted by atomic mass is 10.1. The van der Waals surface area contributed by atoms with Crippen molar-refractivity contribution in [3.8, 4) is 11.1 Å². The summed E-state index contributed by atoms with van der Waals surface area (Å²) < 4.78 is 0. The summed E-state index contributed by atoms with van der Waals surface area (Å²) in [5, 5.41) is 0. The van der Waals surface area contributed by atoms with Gasteiger partial charge in [-0.1, -0.05) is 48.5 Å². The summed E-state index contributed by atoms with van der Waals surface area (Å²) in [5.74, 6) is -0.529. The van der Waals surface area contributed by atoms with Gasteiger partial charge < -0.3 is 9.80 Å². The normalized spacial score (nSPS) is 14.5. The minimum atomic E-state index is -0.527. The SMILES string of the molecule is O=C1C(=O)N(c2ccccc2)CCN1Cc1ncc(-c2ccccc2)cn1. The number of benzene rings is 2. The Kier molecular flexibility index (Phi) is 4.61. The lowest BCUT2D eigenvalue weighted by Crippen LogP contribution is -2.54. The Balaban J connectivity index is 1.45. The summed E-state index contributed by atoms with van der Waals surface area (Å²) in [4.78, 5) is 36.7. The summed E-state index contributed by atoms with van der Waals surface area (Å²) in [6.07, 6.45) is 3.48. The van der Waals surface area contributed by atoms with Crippen molar-refractivity contribution in [2.24, 2.45) is 0 Å². The lowest BCUT2D eigenvalue weighted by molar-refractivity contribution is -0.146. The van der Waals surface area contributed by atoms with Gasteiger partial charge in [-0.05, 0) is 17.7 Å². The first kappa shape index (κ1) is 16.9. The first-order valence-corrected chi connectivity index (χ1v) is 8.74. The minimum Gasteiger partial charge on any atom is -0.325 e. The van der Waals surface area contributed by atoms with Gasteiger partial charge in [0.25, 0.3) is 0 Å². The molecule has 134 valence electrons. The number of anilines is 1. The molecule has 0 bridgehead atoms. The predicted molar refractivity (Wildman–Crippen MR) is 102 cm³/mol. The number of nitrogens with zero attached hydrogens (tertiary/aromatic N) is 4. The summed E-state index contributed by atoms with van der Waals surface area (Å²) >= 11 is 0. The van der Waals surface area contributed by atoms with Gasteiger partial charge in [0.05, 0.1) is 6.54 Å². The predicted octanol–water partition coefficient (Wildman–Crippen LogP) is 2.52. The van der Waals surface area contributed by atoms with Gasteiger partial charge in [-0.15, -0.1) is 0 Å². The van der Waals surface area contributed by atoms with Gasteiger partial charge in [-0.2, -0.15) is 0 Å². The molecular weight excluding hydrogens is 340 g/mol. The van der Waals surface area contributed by atoms with Crippen molar-refractivity contribution >= 4 is 17.5 Å². The van der Waals surface area contributed by atoms with Crippen LogP contribution in [0.3, 0.4) is 0 Å². The van der Waals surface area contributed by atoms with E-state index in [1.165, 1.54) is 9.80 Å². The lowest BCUT2D eigenvalue weighted by Gasteiger charge is -2.33. The van der Waals surface area contributed by atoms with Crippen LogP contribution in [0.1, 0.15) is 5.82 Å². The molecule has 1 aliphatic rings. The van der Waals surface area contributed by atoms with Crippen molar-refractivity contribution < 1.29 is 9.59 Å². The smallest absolute Gasteiger partial charge is 0.316 e. The van der Waals surface area contributed by atoms with Crippen molar-refractivity contribution in [2.75, 3.05) is 18.0 Å². The Bertz CT molecular complexity index is 943. The highest BCUT2D eigenvalue weighted by atomic mass is 16.2. The van der Waals surface area contributed by atoms with E-state index in [-0.39, 0.29) is 6.54 Å². The monoisotopic (exact) mass is 358 g/mol. The second-order valence-corrected chi connectivity index (χ2v) is 6.27. The molecule has 0 atom stereocenters. The summed E-state index contributed by atoms with van der Waals surface area (Å²) in [7, 11) is 0. The third-order valence-electron chi connectivity index (χ3n) is 4.52. The summed E-state index contributed by atoms with van der Waals surface area (Å²) in [5.41, 5.74) is 2.68. The molecule has 6 heteroatoms. The number of hydrogen-bond donors (Lipinski definition) is 0. The average Bonchev–Trinajstić information content (AvgIpc) is 2.73. The molecule has 2 amide bonds. The highest BCUT2D eigenvalue weighted by Crippen LogP contribution is 2.19. The molecule has 3 aromatic rings. The quantitative estimate of drug-likeness (QED) is 0.672. The molecule has 4 rings (SSSR count). The van der Waals surface area contributed by atoms with E-state index in [9.17, 15) is 9.59 Å². The zero-order valence-electron chi connectivity index (χ0n) is 14.7. The fraction of sp³-hybridized carbons (Fsp3) is 0.143. The molecule has 0 aliphatic carbocycles. The maximum absolute atomic E-state index is 12.5. The van der Waals surface area contributed by atoms with E-state index >= 15 is 0 Å². The van der Waals surface area contributed by atoms with Crippen LogP contribution in [0.4, 0.5) is 5.69 Å². The maximum Gasteiger partial charge on any atom is 0.316 e. The van der Waals surface area contributed by atoms with Crippen LogP contribution < -0.4 is 4.90 Å². The largest absolute Gasteiger partial charge is 0.325 e. The zero-order valence-corrected chi connectivity index (χ0v) is 14.7. The Hall–Kier alpha value is -3.54. The van der Waals surface area contributed by atoms with Crippen molar-refractivity contribution in [2.45, 2.75) is 6.54 Å². The number of carbonyl (C=O) groups excluding carboxylic acids is 2. The molecule has 1 aliphatic heterocycles. The number of aromatic nitrogens is 2. The van der Waals surface area contributed by atoms with E-state index in [2.05, 4.69) is 9.97 Å². The molecule has 6 nitrogen and oxygen atoms in total. The van der Waals surface area contributed by atoms with Crippen LogP contribution in [-0.2, 0) is 16.1 Å². The molecule has 0 unspecified atom stereocenters. The van der Waals surface area contributed by atoms with Crippen LogP contribution in [0.15, 0.2) is 73.1 Å². The van der Waals surface area contributed by atoms with Crippen LogP contribution >= 0.6 is 0 Å². The van der Waals surface area contributed by atoms with Crippen LogP contribution in [0.5, 0.6) is 0 Å². The van der Waals surface area contributed by atoms with Gasteiger partial charge in [0.2, 0.25) is 0 Å². The molecular formula is C21H18N4O2. The molecule has 2 heterocycles. The Morgan fingerprint density at radius 2 is 1.37 bits per heavy atom. The Morgan fingerprint density at radius 1 is 0.741 bits per heavy atom. The van der Waals surface area contributed by atoms with Crippen LogP contribution in [0, 0.1) is 0 Å². The maximum atomic E-state index is 12.5. The highest BCUT2D eigenvalue weighted by molar-refractivity contribution is 6.40. The van der Waals surface area contributed by atoms with Crippen molar-refractivity contribution in [3.05, 3.63) is 78.9 Å². The van der Waals surface area contributed by atoms with Gasteiger partial charge >= 0.3 is 11.8 Å². The number of piperazine rings is 1. The van der Waals surface area contributed by atoms with Crippen LogP contribution in [0.25, 0.3) is 11.1 Å². The molecule has 27 heavy (non-hydrogen) atoms. The third-order valence-corrected chi connectivity index (χ3v) is 4.52. The topological polar surface area (TPSA) is 66.4 Å². The first-order chi connectivity index (χ1) is 13.2. The van der Waals surface area contributed by atoms with Gasteiger partial charge in [-0.25, -0.2) is 9.97 Å². The highest BCUT2D eigenvalue weighted by Gasteiger charge is 2.33. The molecule has 1 aromatic heterocycles. The average molecular weight is 358 g/mol. The number of rotatable bonds is 4. The number of amides is 2. The second kappa shape index (κ2) is 7.37. The third kappa shape index (κ3) is 3.55. The van der Waals surface area contributed by atoms with Crippen molar-refractivity contribution in [1.29, 1.82) is 0 Å². The van der Waals surface area contributed by atoms with E-state index in [0.29, 0.717) is 18.9 Å². The van der Waals surface area contributed by atoms with Crippen LogP contribution in [-0.4, -0.2) is 39.8 Å². The fourth-order valence-corrected chi connectivity index (χ4v) is 3.07. The van der Waals surface area contributed by atoms with Crippen molar-refractivity contribution in [1.82, 2.24) is 14.9 Å². The Morgan fingerprint density at radius 3 is 2.04 bits per heavy atom. The molecule has 0 spiro atoms. The number of para-hydroxylation sites is 1. The minimum absolute atomic E-state index is 0.224. The second-order valence-electron chi connectivity index (χ2n) is 6.27. The fourth-order valence-electron chi connectivity index (χ4n) is 3.07. The zero-order chi connectivity index (χ0) is 18.6. The van der Waals surface area contributed by atoms with Crippen molar-refractivity contribution in [3.63, 3.8) is 0 Å². The molecule has 2 aromatic carbocycles. The summed E-state index contributed by atoms with van der Waals surface area (Å²) in [6, 6.07) is 19.1. The first-order valence-electron chi connectivity index (χ1n) is 8.74. The molecule has 0 radical (unpaired) electrons. The van der Waals surface area contributed by atoms with Gasteiger partial charge in [-0.3, -0.25) is 9.59 Å². The van der Waals surface area contributed by atoms with Gasteiger partial charge in [0.1, 0.15) is 5.82 Å². The molecule has 1 fully saturated rings. The molecule has 1 saturated heterocycles. The number of hydrogen-bond acceptors (Lipinski definition) is 4. The van der Waals surface area contributed by atoms with E-state index < -0.39 is 11.8 Å². The molecule has 0 N–H and O–H groups in total. The van der Waals surface area contributed by atoms with E-state index in [1.807, 2.05) is 60.7 Å². The summed E-state index contributed by atoms with van der Waals surface area (Å²) in [6.45, 7) is 1.13.